The van der Waals surface area contributed by atoms with Crippen molar-refractivity contribution in [1.82, 2.24) is 15.5 Å². The lowest BCUT2D eigenvalue weighted by molar-refractivity contribution is -0.123. The maximum atomic E-state index is 12.1. The molecule has 0 spiro atoms. The minimum Gasteiger partial charge on any atom is -0.467 e. The van der Waals surface area contributed by atoms with Gasteiger partial charge in [0.05, 0.1) is 19.4 Å². The second kappa shape index (κ2) is 6.62. The largest absolute Gasteiger partial charge is 0.467 e. The fourth-order valence-corrected chi connectivity index (χ4v) is 3.66. The molecule has 2 aliphatic heterocycles. The van der Waals surface area contributed by atoms with E-state index in [1.54, 1.807) is 6.26 Å². The molecule has 2 saturated heterocycles. The van der Waals surface area contributed by atoms with Crippen LogP contribution in [0.2, 0.25) is 0 Å². The molecule has 3 rings (SSSR count). The minimum atomic E-state index is 0.0825. The molecule has 0 radical (unpaired) electrons. The lowest BCUT2D eigenvalue weighted by Gasteiger charge is -2.36. The van der Waals surface area contributed by atoms with Crippen molar-refractivity contribution in [3.63, 3.8) is 0 Å². The number of nitrogens with zero attached hydrogens (tertiary/aromatic N) is 1. The molecule has 5 heteroatoms. The topological polar surface area (TPSA) is 57.5 Å². The van der Waals surface area contributed by atoms with Gasteiger partial charge in [-0.15, -0.1) is 0 Å². The molecule has 21 heavy (non-hydrogen) atoms. The summed E-state index contributed by atoms with van der Waals surface area (Å²) >= 11 is 0. The van der Waals surface area contributed by atoms with Gasteiger partial charge in [0.15, 0.2) is 0 Å². The van der Waals surface area contributed by atoms with E-state index < -0.39 is 0 Å². The fraction of sp³-hybridized carbons (Fsp3) is 0.688. The van der Waals surface area contributed by atoms with Crippen molar-refractivity contribution in [3.8, 4) is 0 Å². The van der Waals surface area contributed by atoms with Gasteiger partial charge in [0.2, 0.25) is 5.91 Å². The van der Waals surface area contributed by atoms with Crippen LogP contribution >= 0.6 is 0 Å². The second-order valence-corrected chi connectivity index (χ2v) is 6.18. The molecule has 1 aromatic heterocycles. The summed E-state index contributed by atoms with van der Waals surface area (Å²) < 4.78 is 5.23. The van der Waals surface area contributed by atoms with E-state index in [1.807, 2.05) is 12.1 Å². The molecule has 2 atom stereocenters. The lowest BCUT2D eigenvalue weighted by Crippen LogP contribution is -2.50. The number of carbonyl (C=O) groups excluding carboxylic acids is 1. The number of nitrogens with one attached hydrogen (secondary N) is 2. The van der Waals surface area contributed by atoms with Gasteiger partial charge in [0.1, 0.15) is 5.76 Å². The van der Waals surface area contributed by atoms with Gasteiger partial charge < -0.3 is 15.1 Å². The Morgan fingerprint density at radius 3 is 2.81 bits per heavy atom. The van der Waals surface area contributed by atoms with Crippen molar-refractivity contribution in [2.75, 3.05) is 13.1 Å². The Labute approximate surface area is 126 Å². The van der Waals surface area contributed by atoms with Crippen molar-refractivity contribution in [2.45, 2.75) is 57.3 Å². The Bertz CT molecular complexity index is 448. The van der Waals surface area contributed by atoms with Crippen LogP contribution in [-0.4, -0.2) is 42.0 Å². The first-order valence-electron chi connectivity index (χ1n) is 8.03. The number of furan rings is 1. The Hall–Kier alpha value is -1.33. The summed E-state index contributed by atoms with van der Waals surface area (Å²) in [7, 11) is 0. The van der Waals surface area contributed by atoms with Gasteiger partial charge in [-0.3, -0.25) is 9.69 Å². The lowest BCUT2D eigenvalue weighted by atomic mass is 9.98. The van der Waals surface area contributed by atoms with Crippen LogP contribution in [0.5, 0.6) is 0 Å². The number of piperidine rings is 1. The number of hydrogen-bond acceptors (Lipinski definition) is 4. The van der Waals surface area contributed by atoms with Crippen LogP contribution in [0, 0.1) is 0 Å². The van der Waals surface area contributed by atoms with Gasteiger partial charge in [-0.2, -0.15) is 0 Å². The normalized spacial score (nSPS) is 28.0. The minimum absolute atomic E-state index is 0.0825. The molecular weight excluding hydrogens is 266 g/mol. The Kier molecular flexibility index (Phi) is 4.60. The number of likely N-dealkylation sites (N-methyl/N-ethyl adjacent to an activating group) is 1. The highest BCUT2D eigenvalue weighted by atomic mass is 16.3. The molecule has 2 N–H and O–H groups in total. The predicted octanol–water partition coefficient (Wildman–Crippen LogP) is 1.50. The zero-order valence-corrected chi connectivity index (χ0v) is 12.7. The van der Waals surface area contributed by atoms with Crippen LogP contribution in [0.15, 0.2) is 22.8 Å². The van der Waals surface area contributed by atoms with E-state index in [0.717, 1.165) is 12.3 Å². The number of fused-ring (bicyclic) bond motifs is 2. The van der Waals surface area contributed by atoms with Crippen molar-refractivity contribution >= 4 is 5.91 Å². The van der Waals surface area contributed by atoms with Gasteiger partial charge in [-0.25, -0.2) is 0 Å². The van der Waals surface area contributed by atoms with Crippen LogP contribution in [0.1, 0.15) is 38.4 Å². The van der Waals surface area contributed by atoms with Gasteiger partial charge in [0, 0.05) is 18.1 Å². The summed E-state index contributed by atoms with van der Waals surface area (Å²) in [4.78, 5) is 14.4. The highest BCUT2D eigenvalue weighted by Crippen LogP contribution is 2.29. The van der Waals surface area contributed by atoms with Crippen LogP contribution in [0.25, 0.3) is 0 Å². The molecular formula is C16H25N3O2. The zero-order valence-electron chi connectivity index (χ0n) is 12.7. The molecule has 1 aromatic rings. The summed E-state index contributed by atoms with van der Waals surface area (Å²) in [5.41, 5.74) is 0. The van der Waals surface area contributed by atoms with Crippen LogP contribution in [0.3, 0.4) is 0 Å². The number of carbonyl (C=O) groups is 1. The van der Waals surface area contributed by atoms with E-state index in [9.17, 15) is 4.79 Å². The molecule has 2 unspecified atom stereocenters. The second-order valence-electron chi connectivity index (χ2n) is 6.18. The molecule has 3 heterocycles. The van der Waals surface area contributed by atoms with Crippen LogP contribution < -0.4 is 10.6 Å². The first-order chi connectivity index (χ1) is 10.2. The van der Waals surface area contributed by atoms with Crippen molar-refractivity contribution < 1.29 is 9.21 Å². The smallest absolute Gasteiger partial charge is 0.234 e. The molecule has 2 fully saturated rings. The Morgan fingerprint density at radius 1 is 1.43 bits per heavy atom. The summed E-state index contributed by atoms with van der Waals surface area (Å²) in [6.45, 7) is 4.03. The molecule has 2 bridgehead atoms. The zero-order chi connectivity index (χ0) is 14.7. The Morgan fingerprint density at radius 2 is 2.19 bits per heavy atom. The molecule has 0 saturated carbocycles. The van der Waals surface area contributed by atoms with Crippen LogP contribution in [-0.2, 0) is 11.3 Å². The molecule has 0 aromatic carbocycles. The molecule has 2 aliphatic rings. The van der Waals surface area contributed by atoms with E-state index in [1.165, 1.54) is 25.7 Å². The number of rotatable bonds is 6. The first kappa shape index (κ1) is 14.6. The van der Waals surface area contributed by atoms with Crippen molar-refractivity contribution in [2.24, 2.45) is 0 Å². The number of hydrogen-bond donors (Lipinski definition) is 2. The maximum Gasteiger partial charge on any atom is 0.234 e. The summed E-state index contributed by atoms with van der Waals surface area (Å²) in [6, 6.07) is 5.58. The highest BCUT2D eigenvalue weighted by Gasteiger charge is 2.35. The Balaban J connectivity index is 1.48. The summed E-state index contributed by atoms with van der Waals surface area (Å²) in [5, 5.41) is 6.59. The summed E-state index contributed by atoms with van der Waals surface area (Å²) in [6.07, 6.45) is 6.57. The first-order valence-corrected chi connectivity index (χ1v) is 8.03. The van der Waals surface area contributed by atoms with Gasteiger partial charge in [-0.05, 0) is 44.4 Å². The van der Waals surface area contributed by atoms with Gasteiger partial charge >= 0.3 is 0 Å². The molecule has 0 aliphatic carbocycles. The SMILES string of the molecule is CCN(CC(=O)NCc1ccco1)C1CC2CCC(C1)N2. The third-order valence-corrected chi connectivity index (χ3v) is 4.76. The van der Waals surface area contributed by atoms with E-state index in [4.69, 9.17) is 4.42 Å². The standard InChI is InChI=1S/C16H25N3O2/c1-2-19(14-8-12-5-6-13(9-14)18-12)11-16(20)17-10-15-4-3-7-21-15/h3-4,7,12-14,18H,2,5-6,8-11H2,1H3,(H,17,20). The van der Waals surface area contributed by atoms with Gasteiger partial charge in [0.25, 0.3) is 0 Å². The maximum absolute atomic E-state index is 12.1. The fourth-order valence-electron chi connectivity index (χ4n) is 3.66. The predicted molar refractivity (Wildman–Crippen MR) is 80.8 cm³/mol. The number of amides is 1. The molecule has 116 valence electrons. The summed E-state index contributed by atoms with van der Waals surface area (Å²) in [5.74, 6) is 0.880. The van der Waals surface area contributed by atoms with E-state index in [-0.39, 0.29) is 5.91 Å². The van der Waals surface area contributed by atoms with Gasteiger partial charge in [-0.1, -0.05) is 6.92 Å². The molecule has 5 nitrogen and oxygen atoms in total. The third kappa shape index (κ3) is 3.66. The highest BCUT2D eigenvalue weighted by molar-refractivity contribution is 5.78. The average molecular weight is 291 g/mol. The van der Waals surface area contributed by atoms with E-state index in [0.29, 0.717) is 31.2 Å². The van der Waals surface area contributed by atoms with E-state index >= 15 is 0 Å². The van der Waals surface area contributed by atoms with E-state index in [2.05, 4.69) is 22.5 Å². The third-order valence-electron chi connectivity index (χ3n) is 4.76. The van der Waals surface area contributed by atoms with Crippen molar-refractivity contribution in [1.29, 1.82) is 0 Å². The van der Waals surface area contributed by atoms with Crippen LogP contribution in [0.4, 0.5) is 0 Å². The quantitative estimate of drug-likeness (QED) is 0.834. The van der Waals surface area contributed by atoms with Crippen molar-refractivity contribution in [3.05, 3.63) is 24.2 Å². The monoisotopic (exact) mass is 291 g/mol. The molecule has 1 amide bonds. The average Bonchev–Trinajstić information content (AvgIpc) is 3.12.